The second-order valence-electron chi connectivity index (χ2n) is 32.0. The third-order valence-electron chi connectivity index (χ3n) is 20.8. The molecule has 0 rings (SSSR count). The number of unbranched alkanes of at least 4 members (excludes halogenated alkanes) is 55. The Morgan fingerprint density at radius 3 is 0.717 bits per heavy atom. The quantitative estimate of drug-likeness (QED) is 0.0222. The summed E-state index contributed by atoms with van der Waals surface area (Å²) in [7, 11) is -9.93. The van der Waals surface area contributed by atoms with Gasteiger partial charge in [-0.2, -0.15) is 0 Å². The fraction of sp³-hybridized carbons (Fsp3) is 0.954. The molecule has 0 spiro atoms. The topological polar surface area (TPSA) is 237 Å². The van der Waals surface area contributed by atoms with Crippen LogP contribution in [0.3, 0.4) is 0 Å². The van der Waals surface area contributed by atoms with Gasteiger partial charge in [0.2, 0.25) is 0 Å². The van der Waals surface area contributed by atoms with Crippen molar-refractivity contribution in [2.45, 2.75) is 484 Å². The molecule has 0 bridgehead atoms. The summed E-state index contributed by atoms with van der Waals surface area (Å²) < 4.78 is 69.0. The van der Waals surface area contributed by atoms with Crippen LogP contribution in [-0.4, -0.2) is 96.7 Å². The van der Waals surface area contributed by atoms with Gasteiger partial charge in [-0.05, 0) is 37.5 Å². The lowest BCUT2D eigenvalue weighted by Gasteiger charge is -2.21. The van der Waals surface area contributed by atoms with Gasteiger partial charge in [0.05, 0.1) is 26.4 Å². The molecule has 0 saturated carbocycles. The summed E-state index contributed by atoms with van der Waals surface area (Å²) in [5, 5.41) is 10.7. The second-order valence-corrected chi connectivity index (χ2v) is 34.9. The van der Waals surface area contributed by atoms with Gasteiger partial charge in [-0.3, -0.25) is 37.3 Å². The van der Waals surface area contributed by atoms with E-state index in [1.165, 1.54) is 283 Å². The minimum absolute atomic E-state index is 0.108. The van der Waals surface area contributed by atoms with E-state index in [9.17, 15) is 43.2 Å². The third kappa shape index (κ3) is 78.7. The smallest absolute Gasteiger partial charge is 0.462 e. The van der Waals surface area contributed by atoms with Crippen molar-refractivity contribution < 1.29 is 80.2 Å². The van der Waals surface area contributed by atoms with E-state index in [4.69, 9.17) is 37.0 Å². The highest BCUT2D eigenvalue weighted by molar-refractivity contribution is 7.47. The van der Waals surface area contributed by atoms with Crippen molar-refractivity contribution in [3.8, 4) is 0 Å². The van der Waals surface area contributed by atoms with Crippen LogP contribution in [0.2, 0.25) is 0 Å². The zero-order chi connectivity index (χ0) is 77.8. The summed E-state index contributed by atoms with van der Waals surface area (Å²) in [6, 6.07) is 0. The zero-order valence-electron chi connectivity index (χ0n) is 69.7. The van der Waals surface area contributed by atoms with Crippen molar-refractivity contribution in [2.24, 2.45) is 11.8 Å². The van der Waals surface area contributed by atoms with Crippen molar-refractivity contribution >= 4 is 39.5 Å². The van der Waals surface area contributed by atoms with Crippen LogP contribution in [0.25, 0.3) is 0 Å². The second kappa shape index (κ2) is 78.3. The number of phosphoric acid groups is 2. The number of phosphoric ester groups is 2. The summed E-state index contributed by atoms with van der Waals surface area (Å²) in [5.41, 5.74) is 0. The Kier molecular flexibility index (Phi) is 76.9. The molecule has 0 saturated heterocycles. The number of esters is 4. The van der Waals surface area contributed by atoms with E-state index >= 15 is 0 Å². The average molecular weight is 1550 g/mol. The summed E-state index contributed by atoms with van der Waals surface area (Å²) in [4.78, 5) is 73.3. The van der Waals surface area contributed by atoms with Crippen LogP contribution in [0.5, 0.6) is 0 Å². The summed E-state index contributed by atoms with van der Waals surface area (Å²) in [6.07, 6.45) is 70.7. The molecule has 0 aliphatic rings. The van der Waals surface area contributed by atoms with Crippen LogP contribution in [0.1, 0.15) is 465 Å². The molecule has 0 amide bonds. The molecular weight excluding hydrogens is 1380 g/mol. The third-order valence-corrected chi connectivity index (χ3v) is 22.7. The van der Waals surface area contributed by atoms with Crippen molar-refractivity contribution in [1.82, 2.24) is 0 Å². The molecule has 0 aromatic carbocycles. The maximum Gasteiger partial charge on any atom is 0.472 e. The van der Waals surface area contributed by atoms with Crippen LogP contribution < -0.4 is 0 Å². The first kappa shape index (κ1) is 104. The SMILES string of the molecule is CCCCCCCCCCCCCCCCCCCCCCC(=O)O[C@H](COC(=O)CCCCCCCCCCCCCCCCCCC(C)C)COP(=O)(O)OC[C@@H](O)COP(=O)(O)OC[C@@H](COC(=O)CCCCCCCCCCC(C)CC)OC(=O)CCCCCCCCCCCCCCCCC. The van der Waals surface area contributed by atoms with Gasteiger partial charge in [-0.15, -0.1) is 0 Å². The summed E-state index contributed by atoms with van der Waals surface area (Å²) >= 11 is 0. The normalized spacial score (nSPS) is 14.1. The number of ether oxygens (including phenoxy) is 4. The largest absolute Gasteiger partial charge is 0.472 e. The minimum atomic E-state index is -4.97. The molecule has 17 nitrogen and oxygen atoms in total. The number of carbonyl (C=O) groups is 4. The molecule has 3 N–H and O–H groups in total. The van der Waals surface area contributed by atoms with Crippen LogP contribution in [0.4, 0.5) is 0 Å². The molecule has 630 valence electrons. The molecule has 0 aromatic heterocycles. The van der Waals surface area contributed by atoms with E-state index in [0.29, 0.717) is 25.7 Å². The molecular formula is C87H170O17P2. The Morgan fingerprint density at radius 2 is 0.481 bits per heavy atom. The van der Waals surface area contributed by atoms with Gasteiger partial charge in [-0.25, -0.2) is 9.13 Å². The first-order chi connectivity index (χ1) is 51.4. The fourth-order valence-corrected chi connectivity index (χ4v) is 15.1. The summed E-state index contributed by atoms with van der Waals surface area (Å²) in [6.45, 7) is 9.72. The number of aliphatic hydroxyl groups is 1. The van der Waals surface area contributed by atoms with Crippen molar-refractivity contribution in [2.75, 3.05) is 39.6 Å². The maximum absolute atomic E-state index is 13.2. The van der Waals surface area contributed by atoms with E-state index in [0.717, 1.165) is 102 Å². The van der Waals surface area contributed by atoms with Gasteiger partial charge in [0.25, 0.3) is 0 Å². The van der Waals surface area contributed by atoms with Gasteiger partial charge in [0.1, 0.15) is 19.3 Å². The molecule has 0 radical (unpaired) electrons. The fourth-order valence-electron chi connectivity index (χ4n) is 13.6. The monoisotopic (exact) mass is 1550 g/mol. The predicted molar refractivity (Wildman–Crippen MR) is 437 cm³/mol. The Morgan fingerprint density at radius 1 is 0.274 bits per heavy atom. The van der Waals surface area contributed by atoms with Gasteiger partial charge < -0.3 is 33.8 Å². The molecule has 106 heavy (non-hydrogen) atoms. The molecule has 0 aliphatic heterocycles. The Bertz CT molecular complexity index is 2030. The summed E-state index contributed by atoms with van der Waals surface area (Å²) in [5.74, 6) is -0.510. The number of hydrogen-bond donors (Lipinski definition) is 3. The van der Waals surface area contributed by atoms with Gasteiger partial charge in [0, 0.05) is 25.7 Å². The van der Waals surface area contributed by atoms with Gasteiger partial charge in [0.15, 0.2) is 12.2 Å². The highest BCUT2D eigenvalue weighted by atomic mass is 31.2. The van der Waals surface area contributed by atoms with Crippen molar-refractivity contribution in [3.63, 3.8) is 0 Å². The lowest BCUT2D eigenvalue weighted by molar-refractivity contribution is -0.161. The molecule has 19 heteroatoms. The van der Waals surface area contributed by atoms with E-state index in [-0.39, 0.29) is 25.7 Å². The predicted octanol–water partition coefficient (Wildman–Crippen LogP) is 26.6. The first-order valence-corrected chi connectivity index (χ1v) is 48.0. The van der Waals surface area contributed by atoms with Crippen LogP contribution in [0.15, 0.2) is 0 Å². The van der Waals surface area contributed by atoms with Crippen molar-refractivity contribution in [3.05, 3.63) is 0 Å². The molecule has 0 heterocycles. The molecule has 6 atom stereocenters. The highest BCUT2D eigenvalue weighted by Crippen LogP contribution is 2.45. The Labute approximate surface area is 651 Å². The lowest BCUT2D eigenvalue weighted by Crippen LogP contribution is -2.30. The number of aliphatic hydroxyl groups excluding tert-OH is 1. The maximum atomic E-state index is 13.2. The van der Waals surface area contributed by atoms with Crippen LogP contribution >= 0.6 is 15.6 Å². The van der Waals surface area contributed by atoms with E-state index in [2.05, 4.69) is 41.5 Å². The first-order valence-electron chi connectivity index (χ1n) is 45.0. The minimum Gasteiger partial charge on any atom is -0.462 e. The number of hydrogen-bond acceptors (Lipinski definition) is 15. The molecule has 0 aliphatic carbocycles. The molecule has 3 unspecified atom stereocenters. The molecule has 0 fully saturated rings. The Hall–Kier alpha value is -1.94. The van der Waals surface area contributed by atoms with E-state index in [1.807, 2.05) is 0 Å². The lowest BCUT2D eigenvalue weighted by atomic mass is 9.99. The average Bonchev–Trinajstić information content (AvgIpc) is 0.904. The zero-order valence-corrected chi connectivity index (χ0v) is 71.5. The van der Waals surface area contributed by atoms with Gasteiger partial charge >= 0.3 is 39.5 Å². The van der Waals surface area contributed by atoms with E-state index < -0.39 is 97.5 Å². The standard InChI is InChI=1S/C87H170O17P2/c1-7-10-12-14-16-18-20-22-24-25-26-27-28-34-38-42-46-54-60-66-72-86(91)103-82(75-97-84(89)69-63-57-51-44-40-36-33-30-29-32-35-39-43-49-55-61-67-79(4)5)77-101-105(93,94)99-73-81(88)74-100-106(95,96)102-78-83(76-98-85(90)70-64-58-52-48-47-50-56-62-68-80(6)9-3)104-87(92)71-65-59-53-45-41-37-31-23-21-19-17-15-13-11-8-2/h79-83,88H,7-78H2,1-6H3,(H,93,94)(H,95,96)/t80?,81-,82-,83-/m1/s1. The molecule has 0 aromatic rings. The number of rotatable bonds is 86. The van der Waals surface area contributed by atoms with Gasteiger partial charge in [-0.1, -0.05) is 414 Å². The number of carbonyl (C=O) groups excluding carboxylic acids is 4. The van der Waals surface area contributed by atoms with E-state index in [1.54, 1.807) is 0 Å². The Balaban J connectivity index is 5.25. The van der Waals surface area contributed by atoms with Crippen LogP contribution in [0, 0.1) is 11.8 Å². The highest BCUT2D eigenvalue weighted by Gasteiger charge is 2.30. The van der Waals surface area contributed by atoms with Crippen molar-refractivity contribution in [1.29, 1.82) is 0 Å². The van der Waals surface area contributed by atoms with Crippen LogP contribution in [-0.2, 0) is 65.4 Å².